The molecule has 7 heteroatoms. The van der Waals surface area contributed by atoms with E-state index in [1.165, 1.54) is 14.2 Å². The van der Waals surface area contributed by atoms with E-state index in [2.05, 4.69) is 42.9 Å². The number of nitrogens with zero attached hydrogens (tertiary/aromatic N) is 2. The Morgan fingerprint density at radius 3 is 2.38 bits per heavy atom. The fraction of sp³-hybridized carbons (Fsp3) is 0.579. The SMILES string of the molecule is CN=C(NCc1ccc(OC)c(C(=O)OC)c1)N1CC(C)(C)C1(C)C.I. The molecule has 1 saturated heterocycles. The Morgan fingerprint density at radius 1 is 1.27 bits per heavy atom. The molecule has 1 aromatic carbocycles. The summed E-state index contributed by atoms with van der Waals surface area (Å²) in [6.07, 6.45) is 0. The van der Waals surface area contributed by atoms with Gasteiger partial charge in [0.25, 0.3) is 0 Å². The van der Waals surface area contributed by atoms with E-state index in [1.54, 1.807) is 19.2 Å². The lowest BCUT2D eigenvalue weighted by Crippen LogP contribution is -2.72. The third-order valence-corrected chi connectivity index (χ3v) is 5.47. The molecule has 0 amide bonds. The van der Waals surface area contributed by atoms with Crippen molar-refractivity contribution >= 4 is 35.9 Å². The first kappa shape index (κ1) is 22.5. The van der Waals surface area contributed by atoms with E-state index < -0.39 is 5.97 Å². The monoisotopic (exact) mass is 475 g/mol. The summed E-state index contributed by atoms with van der Waals surface area (Å²) in [4.78, 5) is 18.6. The van der Waals surface area contributed by atoms with E-state index in [1.807, 2.05) is 6.07 Å². The maximum Gasteiger partial charge on any atom is 0.341 e. The minimum absolute atomic E-state index is 0. The van der Waals surface area contributed by atoms with Crippen LogP contribution in [-0.2, 0) is 11.3 Å². The number of methoxy groups -OCH3 is 2. The maximum atomic E-state index is 11.9. The summed E-state index contributed by atoms with van der Waals surface area (Å²) in [6, 6.07) is 5.50. The number of aliphatic imine (C=N–C) groups is 1. The molecule has 1 fully saturated rings. The van der Waals surface area contributed by atoms with Crippen molar-refractivity contribution in [2.75, 3.05) is 27.8 Å². The highest BCUT2D eigenvalue weighted by Gasteiger charge is 2.53. The molecule has 0 aromatic heterocycles. The molecule has 0 bridgehead atoms. The van der Waals surface area contributed by atoms with Crippen LogP contribution < -0.4 is 10.1 Å². The van der Waals surface area contributed by atoms with Crippen molar-refractivity contribution in [2.24, 2.45) is 10.4 Å². The van der Waals surface area contributed by atoms with Gasteiger partial charge in [0.2, 0.25) is 0 Å². The lowest BCUT2D eigenvalue weighted by atomic mass is 9.65. The van der Waals surface area contributed by atoms with E-state index >= 15 is 0 Å². The Balaban J connectivity index is 0.00000338. The fourth-order valence-electron chi connectivity index (χ4n) is 3.01. The maximum absolute atomic E-state index is 11.9. The average Bonchev–Trinajstić information content (AvgIpc) is 2.60. The summed E-state index contributed by atoms with van der Waals surface area (Å²) in [5.41, 5.74) is 1.65. The third kappa shape index (κ3) is 4.07. The fourth-order valence-corrected chi connectivity index (χ4v) is 3.01. The van der Waals surface area contributed by atoms with Crippen LogP contribution >= 0.6 is 24.0 Å². The Morgan fingerprint density at radius 2 is 1.92 bits per heavy atom. The quantitative estimate of drug-likeness (QED) is 0.314. The number of halogens is 1. The summed E-state index contributed by atoms with van der Waals surface area (Å²) in [7, 11) is 4.69. The molecule has 6 nitrogen and oxygen atoms in total. The van der Waals surface area contributed by atoms with Crippen molar-refractivity contribution in [1.82, 2.24) is 10.2 Å². The highest BCUT2D eigenvalue weighted by molar-refractivity contribution is 14.0. The van der Waals surface area contributed by atoms with Crippen molar-refractivity contribution in [2.45, 2.75) is 39.8 Å². The molecule has 1 N–H and O–H groups in total. The zero-order chi connectivity index (χ0) is 18.8. The number of benzene rings is 1. The first-order valence-corrected chi connectivity index (χ1v) is 8.41. The summed E-state index contributed by atoms with van der Waals surface area (Å²) >= 11 is 0. The molecule has 0 unspecified atom stereocenters. The Labute approximate surface area is 173 Å². The number of ether oxygens (including phenoxy) is 2. The first-order valence-electron chi connectivity index (χ1n) is 8.41. The minimum atomic E-state index is -0.409. The van der Waals surface area contributed by atoms with Gasteiger partial charge in [-0.25, -0.2) is 4.79 Å². The Bertz CT molecular complexity index is 687. The van der Waals surface area contributed by atoms with Crippen molar-refractivity contribution in [3.8, 4) is 5.75 Å². The summed E-state index contributed by atoms with van der Waals surface area (Å²) < 4.78 is 10.1. The van der Waals surface area contributed by atoms with E-state index in [0.29, 0.717) is 17.9 Å². The second kappa shape index (κ2) is 8.45. The number of rotatable bonds is 4. The molecule has 26 heavy (non-hydrogen) atoms. The van der Waals surface area contributed by atoms with Crippen LogP contribution in [0.5, 0.6) is 5.75 Å². The van der Waals surface area contributed by atoms with E-state index in [-0.39, 0.29) is 34.9 Å². The smallest absolute Gasteiger partial charge is 0.341 e. The van der Waals surface area contributed by atoms with Crippen LogP contribution in [0.1, 0.15) is 43.6 Å². The first-order chi connectivity index (χ1) is 11.7. The van der Waals surface area contributed by atoms with Gasteiger partial charge < -0.3 is 19.7 Å². The largest absolute Gasteiger partial charge is 0.496 e. The number of hydrogen-bond acceptors (Lipinski definition) is 4. The molecular formula is C19H30IN3O3. The lowest BCUT2D eigenvalue weighted by molar-refractivity contribution is -0.0667. The average molecular weight is 475 g/mol. The molecule has 0 atom stereocenters. The molecule has 1 aromatic rings. The van der Waals surface area contributed by atoms with Crippen LogP contribution in [0.25, 0.3) is 0 Å². The van der Waals surface area contributed by atoms with Crippen LogP contribution in [0.2, 0.25) is 0 Å². The van der Waals surface area contributed by atoms with Crippen LogP contribution in [0.3, 0.4) is 0 Å². The number of nitrogens with one attached hydrogen (secondary N) is 1. The lowest BCUT2D eigenvalue weighted by Gasteiger charge is -2.62. The predicted octanol–water partition coefficient (Wildman–Crippen LogP) is 3.30. The molecule has 1 heterocycles. The summed E-state index contributed by atoms with van der Waals surface area (Å²) in [5, 5.41) is 3.39. The molecule has 146 valence electrons. The van der Waals surface area contributed by atoms with Crippen LogP contribution in [0.15, 0.2) is 23.2 Å². The van der Waals surface area contributed by atoms with Gasteiger partial charge in [0.1, 0.15) is 11.3 Å². The summed E-state index contributed by atoms with van der Waals surface area (Å²) in [6.45, 7) is 10.5. The van der Waals surface area contributed by atoms with E-state index in [9.17, 15) is 4.79 Å². The second-order valence-electron chi connectivity index (χ2n) is 7.46. The molecule has 1 aliphatic rings. The number of hydrogen-bond donors (Lipinski definition) is 1. The van der Waals surface area contributed by atoms with E-state index in [4.69, 9.17) is 9.47 Å². The predicted molar refractivity (Wildman–Crippen MR) is 115 cm³/mol. The van der Waals surface area contributed by atoms with Crippen molar-refractivity contribution in [1.29, 1.82) is 0 Å². The molecule has 1 aliphatic heterocycles. The zero-order valence-electron chi connectivity index (χ0n) is 16.7. The number of likely N-dealkylation sites (tertiary alicyclic amines) is 1. The topological polar surface area (TPSA) is 63.2 Å². The normalized spacial score (nSPS) is 17.7. The number of carbonyl (C=O) groups is 1. The van der Waals surface area contributed by atoms with Gasteiger partial charge in [-0.2, -0.15) is 0 Å². The number of esters is 1. The Hall–Kier alpha value is -1.51. The second-order valence-corrected chi connectivity index (χ2v) is 7.46. The molecule has 0 aliphatic carbocycles. The minimum Gasteiger partial charge on any atom is -0.496 e. The van der Waals surface area contributed by atoms with Crippen molar-refractivity contribution < 1.29 is 14.3 Å². The molecule has 0 spiro atoms. The number of guanidine groups is 1. The molecule has 0 saturated carbocycles. The van der Waals surface area contributed by atoms with Gasteiger partial charge in [-0.3, -0.25) is 4.99 Å². The Kier molecular flexibility index (Phi) is 7.33. The number of carbonyl (C=O) groups excluding carboxylic acids is 1. The van der Waals surface area contributed by atoms with Crippen LogP contribution in [-0.4, -0.2) is 50.2 Å². The van der Waals surface area contributed by atoms with Gasteiger partial charge in [0.05, 0.1) is 14.2 Å². The standard InChI is InChI=1S/C19H29N3O3.HI/c1-18(2)12-22(19(18,3)4)17(20-5)21-11-13-8-9-15(24-6)14(10-13)16(23)25-7;/h8-10H,11-12H2,1-7H3,(H,20,21);1H. The van der Waals surface area contributed by atoms with E-state index in [0.717, 1.165) is 18.1 Å². The zero-order valence-corrected chi connectivity index (χ0v) is 19.0. The highest BCUT2D eigenvalue weighted by Crippen LogP contribution is 2.46. The summed E-state index contributed by atoms with van der Waals surface area (Å²) in [5.74, 6) is 0.957. The molecular weight excluding hydrogens is 445 g/mol. The van der Waals surface area contributed by atoms with Gasteiger partial charge in [-0.05, 0) is 31.5 Å². The third-order valence-electron chi connectivity index (χ3n) is 5.47. The van der Waals surface area contributed by atoms with Crippen LogP contribution in [0.4, 0.5) is 0 Å². The van der Waals surface area contributed by atoms with Gasteiger partial charge in [-0.15, -0.1) is 24.0 Å². The molecule has 0 radical (unpaired) electrons. The van der Waals surface area contributed by atoms with Crippen molar-refractivity contribution in [3.63, 3.8) is 0 Å². The highest BCUT2D eigenvalue weighted by atomic mass is 127. The van der Waals surface area contributed by atoms with Crippen molar-refractivity contribution in [3.05, 3.63) is 29.3 Å². The van der Waals surface area contributed by atoms with Gasteiger partial charge >= 0.3 is 5.97 Å². The van der Waals surface area contributed by atoms with Gasteiger partial charge in [-0.1, -0.05) is 19.9 Å². The van der Waals surface area contributed by atoms with Gasteiger partial charge in [0, 0.05) is 31.1 Å². The van der Waals surface area contributed by atoms with Gasteiger partial charge in [0.15, 0.2) is 5.96 Å². The molecule has 2 rings (SSSR count). The van der Waals surface area contributed by atoms with Crippen LogP contribution in [0, 0.1) is 5.41 Å².